The Labute approximate surface area is 108 Å². The van der Waals surface area contributed by atoms with Crippen LogP contribution in [0.25, 0.3) is 0 Å². The molecule has 1 aliphatic heterocycles. The first kappa shape index (κ1) is 15.4. The van der Waals surface area contributed by atoms with Crippen LogP contribution in [0.2, 0.25) is 0 Å². The number of carboxylic acid groups (broad SMARTS) is 1. The Kier molecular flexibility index (Phi) is 4.40. The Morgan fingerprint density at radius 2 is 2.17 bits per heavy atom. The van der Waals surface area contributed by atoms with E-state index < -0.39 is 21.3 Å². The van der Waals surface area contributed by atoms with E-state index in [-0.39, 0.29) is 23.6 Å². The van der Waals surface area contributed by atoms with Crippen LogP contribution >= 0.6 is 0 Å². The summed E-state index contributed by atoms with van der Waals surface area (Å²) >= 11 is 0. The Morgan fingerprint density at radius 1 is 1.61 bits per heavy atom. The predicted octanol–water partition coefficient (Wildman–Crippen LogP) is -0.314. The minimum Gasteiger partial charge on any atom is -0.480 e. The Bertz CT molecular complexity index is 419. The number of carboxylic acids is 1. The maximum Gasteiger partial charge on any atom is 0.323 e. The molecular weight excluding hydrogens is 256 g/mol. The molecule has 0 saturated carbocycles. The second kappa shape index (κ2) is 5.14. The van der Waals surface area contributed by atoms with E-state index in [0.29, 0.717) is 13.0 Å². The zero-order valence-electron chi connectivity index (χ0n) is 11.1. The highest BCUT2D eigenvalue weighted by Crippen LogP contribution is 2.20. The van der Waals surface area contributed by atoms with Crippen LogP contribution in [0.5, 0.6) is 0 Å². The highest BCUT2D eigenvalue weighted by atomic mass is 32.2. The first-order chi connectivity index (χ1) is 8.05. The minimum absolute atomic E-state index is 0.0541. The molecule has 0 aromatic carbocycles. The summed E-state index contributed by atoms with van der Waals surface area (Å²) in [4.78, 5) is 13.0. The molecule has 0 aliphatic carbocycles. The highest BCUT2D eigenvalue weighted by molar-refractivity contribution is 7.91. The van der Waals surface area contributed by atoms with Crippen LogP contribution in [0.15, 0.2) is 0 Å². The number of rotatable bonds is 4. The van der Waals surface area contributed by atoms with Gasteiger partial charge in [0.1, 0.15) is 5.54 Å². The third-order valence-corrected chi connectivity index (χ3v) is 5.29. The summed E-state index contributed by atoms with van der Waals surface area (Å²) in [6.07, 6.45) is 0.298. The van der Waals surface area contributed by atoms with Crippen LogP contribution in [0.1, 0.15) is 27.2 Å². The molecule has 1 fully saturated rings. The average Bonchev–Trinajstić information content (AvgIpc) is 2.14. The summed E-state index contributed by atoms with van der Waals surface area (Å²) in [5.74, 6) is -0.770. The smallest absolute Gasteiger partial charge is 0.323 e. The molecule has 1 aliphatic rings. The van der Waals surface area contributed by atoms with Gasteiger partial charge < -0.3 is 10.8 Å². The van der Waals surface area contributed by atoms with Gasteiger partial charge >= 0.3 is 5.97 Å². The topological polar surface area (TPSA) is 101 Å². The number of nitrogens with zero attached hydrogens (tertiary/aromatic N) is 1. The molecule has 1 rings (SSSR count). The normalized spacial score (nSPS) is 29.4. The lowest BCUT2D eigenvalue weighted by Crippen LogP contribution is -2.55. The van der Waals surface area contributed by atoms with E-state index in [1.807, 2.05) is 18.7 Å². The number of carbonyl (C=O) groups is 1. The maximum absolute atomic E-state index is 11.5. The van der Waals surface area contributed by atoms with Crippen molar-refractivity contribution >= 4 is 15.8 Å². The monoisotopic (exact) mass is 278 g/mol. The molecule has 0 amide bonds. The number of hydrogen-bond donors (Lipinski definition) is 2. The van der Waals surface area contributed by atoms with E-state index in [9.17, 15) is 13.2 Å². The Hall–Kier alpha value is -0.660. The van der Waals surface area contributed by atoms with Gasteiger partial charge in [0.15, 0.2) is 9.84 Å². The van der Waals surface area contributed by atoms with Gasteiger partial charge in [-0.25, -0.2) is 8.42 Å². The number of sulfone groups is 1. The number of aliphatic carboxylic acids is 1. The molecule has 6 nitrogen and oxygen atoms in total. The molecule has 1 saturated heterocycles. The molecule has 0 radical (unpaired) electrons. The lowest BCUT2D eigenvalue weighted by molar-refractivity contribution is -0.143. The molecule has 7 heteroatoms. The fraction of sp³-hybridized carbons (Fsp3) is 0.909. The van der Waals surface area contributed by atoms with Crippen molar-refractivity contribution in [1.29, 1.82) is 0 Å². The summed E-state index contributed by atoms with van der Waals surface area (Å²) in [6, 6.07) is -0.148. The van der Waals surface area contributed by atoms with Gasteiger partial charge in [-0.15, -0.1) is 0 Å². The van der Waals surface area contributed by atoms with Crippen LogP contribution in [0.3, 0.4) is 0 Å². The zero-order chi connectivity index (χ0) is 14.1. The van der Waals surface area contributed by atoms with E-state index in [1.165, 1.54) is 6.92 Å². The molecule has 0 aromatic heterocycles. The SMILES string of the molecule is CC(CC(C)(N)C(=O)O)N1CCS(=O)(=O)CC1C. The van der Waals surface area contributed by atoms with Crippen molar-refractivity contribution in [2.24, 2.45) is 5.73 Å². The molecule has 3 unspecified atom stereocenters. The van der Waals surface area contributed by atoms with Gasteiger partial charge in [-0.3, -0.25) is 9.69 Å². The van der Waals surface area contributed by atoms with E-state index >= 15 is 0 Å². The third kappa shape index (κ3) is 3.66. The molecule has 3 atom stereocenters. The minimum atomic E-state index is -2.95. The van der Waals surface area contributed by atoms with Gasteiger partial charge in [-0.1, -0.05) is 0 Å². The second-order valence-corrected chi connectivity index (χ2v) is 7.71. The van der Waals surface area contributed by atoms with Gasteiger partial charge in [0.05, 0.1) is 11.5 Å². The van der Waals surface area contributed by atoms with Gasteiger partial charge in [0.25, 0.3) is 0 Å². The summed E-state index contributed by atoms with van der Waals surface area (Å²) in [6.45, 7) is 5.67. The summed E-state index contributed by atoms with van der Waals surface area (Å²) in [5, 5.41) is 9.00. The molecule has 0 spiro atoms. The zero-order valence-corrected chi connectivity index (χ0v) is 11.9. The standard InChI is InChI=1S/C11H22N2O4S/c1-8(6-11(3,12)10(14)15)13-4-5-18(16,17)7-9(13)2/h8-9H,4-7,12H2,1-3H3,(H,14,15). The number of hydrogen-bond acceptors (Lipinski definition) is 5. The summed E-state index contributed by atoms with van der Waals surface area (Å²) in [7, 11) is -2.95. The molecule has 1 heterocycles. The molecule has 0 aromatic rings. The summed E-state index contributed by atoms with van der Waals surface area (Å²) < 4.78 is 23.0. The maximum atomic E-state index is 11.5. The van der Waals surface area contributed by atoms with Gasteiger partial charge in [0, 0.05) is 18.6 Å². The largest absolute Gasteiger partial charge is 0.480 e. The second-order valence-electron chi connectivity index (χ2n) is 5.48. The fourth-order valence-corrected chi connectivity index (χ4v) is 4.07. The molecule has 18 heavy (non-hydrogen) atoms. The van der Waals surface area contributed by atoms with Crippen molar-refractivity contribution < 1.29 is 18.3 Å². The first-order valence-corrected chi connectivity index (χ1v) is 7.86. The quantitative estimate of drug-likeness (QED) is 0.731. The summed E-state index contributed by atoms with van der Waals surface area (Å²) in [5.41, 5.74) is 4.44. The van der Waals surface area contributed by atoms with Crippen molar-refractivity contribution in [1.82, 2.24) is 4.90 Å². The van der Waals surface area contributed by atoms with E-state index in [4.69, 9.17) is 10.8 Å². The highest BCUT2D eigenvalue weighted by Gasteiger charge is 2.36. The van der Waals surface area contributed by atoms with Crippen LogP contribution in [0.4, 0.5) is 0 Å². The first-order valence-electron chi connectivity index (χ1n) is 6.03. The van der Waals surface area contributed by atoms with Crippen molar-refractivity contribution in [2.45, 2.75) is 44.8 Å². The predicted molar refractivity (Wildman–Crippen MR) is 69.1 cm³/mol. The van der Waals surface area contributed by atoms with Crippen LogP contribution in [-0.4, -0.2) is 60.1 Å². The van der Waals surface area contributed by atoms with Crippen molar-refractivity contribution in [3.8, 4) is 0 Å². The fourth-order valence-electron chi connectivity index (χ4n) is 2.48. The molecule has 0 bridgehead atoms. The number of nitrogens with two attached hydrogens (primary N) is 1. The van der Waals surface area contributed by atoms with E-state index in [0.717, 1.165) is 0 Å². The van der Waals surface area contributed by atoms with Crippen LogP contribution in [-0.2, 0) is 14.6 Å². The van der Waals surface area contributed by atoms with E-state index in [2.05, 4.69) is 0 Å². The average molecular weight is 278 g/mol. The third-order valence-electron chi connectivity index (χ3n) is 3.50. The molecular formula is C11H22N2O4S. The van der Waals surface area contributed by atoms with Crippen molar-refractivity contribution in [2.75, 3.05) is 18.1 Å². The molecule has 106 valence electrons. The van der Waals surface area contributed by atoms with E-state index in [1.54, 1.807) is 0 Å². The molecule has 3 N–H and O–H groups in total. The lowest BCUT2D eigenvalue weighted by Gasteiger charge is -2.39. The van der Waals surface area contributed by atoms with Gasteiger partial charge in [-0.05, 0) is 27.2 Å². The Morgan fingerprint density at radius 3 is 2.61 bits per heavy atom. The lowest BCUT2D eigenvalue weighted by atomic mass is 9.94. The van der Waals surface area contributed by atoms with Crippen molar-refractivity contribution in [3.05, 3.63) is 0 Å². The van der Waals surface area contributed by atoms with Crippen molar-refractivity contribution in [3.63, 3.8) is 0 Å². The van der Waals surface area contributed by atoms with Crippen LogP contribution in [0, 0.1) is 0 Å². The van der Waals surface area contributed by atoms with Crippen LogP contribution < -0.4 is 5.73 Å². The van der Waals surface area contributed by atoms with Gasteiger partial charge in [0.2, 0.25) is 0 Å². The van der Waals surface area contributed by atoms with Gasteiger partial charge in [-0.2, -0.15) is 0 Å². The Balaban J connectivity index is 2.69.